The van der Waals surface area contributed by atoms with Gasteiger partial charge in [0.1, 0.15) is 23.8 Å². The lowest BCUT2D eigenvalue weighted by atomic mass is 9.98. The van der Waals surface area contributed by atoms with E-state index in [9.17, 15) is 0 Å². The average molecular weight is 295 g/mol. The first kappa shape index (κ1) is 13.1. The highest BCUT2D eigenvalue weighted by Crippen LogP contribution is 2.28. The van der Waals surface area contributed by atoms with Crippen molar-refractivity contribution in [1.82, 2.24) is 34.5 Å². The second kappa shape index (κ2) is 5.01. The number of hydrogen-bond donors (Lipinski definition) is 0. The van der Waals surface area contributed by atoms with Gasteiger partial charge in [-0.05, 0) is 31.9 Å². The van der Waals surface area contributed by atoms with Gasteiger partial charge in [0.15, 0.2) is 0 Å². The standard InChI is InChI=1S/C15H17N7/c1-10-7-16-6-5-13(10)22-15(19-11(2)20-22)12-3-4-14-17-9-18-21(14)8-12/h5-7,9,12H,3-4,8H2,1-2H3. The molecule has 7 nitrogen and oxygen atoms in total. The zero-order chi connectivity index (χ0) is 15.1. The van der Waals surface area contributed by atoms with Gasteiger partial charge in [0.2, 0.25) is 0 Å². The van der Waals surface area contributed by atoms with Gasteiger partial charge in [0.05, 0.1) is 12.2 Å². The molecule has 0 saturated carbocycles. The quantitative estimate of drug-likeness (QED) is 0.718. The number of aryl methyl sites for hydroxylation is 3. The number of nitrogens with zero attached hydrogens (tertiary/aromatic N) is 7. The summed E-state index contributed by atoms with van der Waals surface area (Å²) in [5, 5.41) is 8.89. The second-order valence-electron chi connectivity index (χ2n) is 5.69. The summed E-state index contributed by atoms with van der Waals surface area (Å²) in [4.78, 5) is 13.1. The van der Waals surface area contributed by atoms with E-state index in [1.54, 1.807) is 12.5 Å². The summed E-state index contributed by atoms with van der Waals surface area (Å²) in [6.07, 6.45) is 7.21. The monoisotopic (exact) mass is 295 g/mol. The maximum atomic E-state index is 4.68. The van der Waals surface area contributed by atoms with Crippen molar-refractivity contribution in [1.29, 1.82) is 0 Å². The summed E-state index contributed by atoms with van der Waals surface area (Å²) in [5.41, 5.74) is 2.13. The Morgan fingerprint density at radius 2 is 2.18 bits per heavy atom. The predicted octanol–water partition coefficient (Wildman–Crippen LogP) is 1.60. The zero-order valence-corrected chi connectivity index (χ0v) is 12.6. The molecule has 0 aliphatic carbocycles. The number of rotatable bonds is 2. The van der Waals surface area contributed by atoms with Crippen LogP contribution in [0.4, 0.5) is 0 Å². The van der Waals surface area contributed by atoms with E-state index in [0.717, 1.165) is 48.1 Å². The van der Waals surface area contributed by atoms with Crippen LogP contribution in [0.25, 0.3) is 5.69 Å². The molecule has 3 aromatic heterocycles. The molecule has 0 saturated heterocycles. The molecular weight excluding hydrogens is 278 g/mol. The fourth-order valence-electron chi connectivity index (χ4n) is 3.02. The maximum Gasteiger partial charge on any atom is 0.148 e. The molecule has 3 aromatic rings. The Hall–Kier alpha value is -2.57. The van der Waals surface area contributed by atoms with Crippen LogP contribution in [0, 0.1) is 13.8 Å². The highest BCUT2D eigenvalue weighted by atomic mass is 15.4. The van der Waals surface area contributed by atoms with Crippen molar-refractivity contribution in [3.05, 3.63) is 47.8 Å². The van der Waals surface area contributed by atoms with Gasteiger partial charge in [0.25, 0.3) is 0 Å². The van der Waals surface area contributed by atoms with Crippen molar-refractivity contribution in [2.24, 2.45) is 0 Å². The molecule has 0 spiro atoms. The van der Waals surface area contributed by atoms with Gasteiger partial charge >= 0.3 is 0 Å². The molecule has 0 amide bonds. The predicted molar refractivity (Wildman–Crippen MR) is 79.7 cm³/mol. The van der Waals surface area contributed by atoms with E-state index in [-0.39, 0.29) is 0 Å². The Kier molecular flexibility index (Phi) is 2.99. The van der Waals surface area contributed by atoms with E-state index in [4.69, 9.17) is 0 Å². The zero-order valence-electron chi connectivity index (χ0n) is 12.6. The molecule has 4 heterocycles. The Labute approximate surface area is 128 Å². The molecule has 7 heteroatoms. The van der Waals surface area contributed by atoms with Gasteiger partial charge in [0, 0.05) is 24.7 Å². The first-order valence-electron chi connectivity index (χ1n) is 7.43. The summed E-state index contributed by atoms with van der Waals surface area (Å²) in [6.45, 7) is 4.78. The summed E-state index contributed by atoms with van der Waals surface area (Å²) in [6, 6.07) is 1.98. The summed E-state index contributed by atoms with van der Waals surface area (Å²) in [5.74, 6) is 3.13. The molecule has 112 valence electrons. The number of hydrogen-bond acceptors (Lipinski definition) is 5. The van der Waals surface area contributed by atoms with E-state index >= 15 is 0 Å². The van der Waals surface area contributed by atoms with Gasteiger partial charge in [-0.15, -0.1) is 0 Å². The SMILES string of the molecule is Cc1nc(C2CCc3ncnn3C2)n(-c2ccncc2C)n1. The maximum absolute atomic E-state index is 4.68. The van der Waals surface area contributed by atoms with Gasteiger partial charge in [-0.25, -0.2) is 19.3 Å². The van der Waals surface area contributed by atoms with Gasteiger partial charge in [-0.1, -0.05) is 0 Å². The smallest absolute Gasteiger partial charge is 0.148 e. The lowest BCUT2D eigenvalue weighted by Gasteiger charge is -2.22. The van der Waals surface area contributed by atoms with Crippen molar-refractivity contribution < 1.29 is 0 Å². The van der Waals surface area contributed by atoms with Gasteiger partial charge in [-0.3, -0.25) is 4.98 Å². The van der Waals surface area contributed by atoms with Crippen LogP contribution in [0.1, 0.15) is 35.4 Å². The van der Waals surface area contributed by atoms with Crippen LogP contribution in [0.2, 0.25) is 0 Å². The fourth-order valence-corrected chi connectivity index (χ4v) is 3.02. The molecule has 1 unspecified atom stereocenters. The molecule has 0 aromatic carbocycles. The first-order chi connectivity index (χ1) is 10.7. The third-order valence-electron chi connectivity index (χ3n) is 4.13. The molecule has 0 bridgehead atoms. The molecule has 1 aliphatic heterocycles. The van der Waals surface area contributed by atoms with Crippen LogP contribution < -0.4 is 0 Å². The van der Waals surface area contributed by atoms with Crippen LogP contribution >= 0.6 is 0 Å². The van der Waals surface area contributed by atoms with Crippen LogP contribution in [0.15, 0.2) is 24.8 Å². The fraction of sp³-hybridized carbons (Fsp3) is 0.400. The third kappa shape index (κ3) is 2.09. The van der Waals surface area contributed by atoms with Gasteiger partial charge < -0.3 is 0 Å². The second-order valence-corrected chi connectivity index (χ2v) is 5.69. The van der Waals surface area contributed by atoms with Crippen molar-refractivity contribution >= 4 is 0 Å². The van der Waals surface area contributed by atoms with Crippen molar-refractivity contribution in [2.45, 2.75) is 39.2 Å². The average Bonchev–Trinajstić information content (AvgIpc) is 3.13. The molecule has 0 radical (unpaired) electrons. The minimum Gasteiger partial charge on any atom is -0.264 e. The van der Waals surface area contributed by atoms with E-state index in [0.29, 0.717) is 5.92 Å². The lowest BCUT2D eigenvalue weighted by molar-refractivity contribution is 0.404. The minimum absolute atomic E-state index is 0.294. The molecule has 4 rings (SSSR count). The van der Waals surface area contributed by atoms with Crippen molar-refractivity contribution in [3.8, 4) is 5.69 Å². The van der Waals surface area contributed by atoms with E-state index in [1.165, 1.54) is 0 Å². The Balaban J connectivity index is 1.76. The molecule has 0 fully saturated rings. The minimum atomic E-state index is 0.294. The lowest BCUT2D eigenvalue weighted by Crippen LogP contribution is -2.23. The van der Waals surface area contributed by atoms with Crippen LogP contribution in [-0.2, 0) is 13.0 Å². The van der Waals surface area contributed by atoms with Crippen LogP contribution in [0.3, 0.4) is 0 Å². The number of pyridine rings is 1. The normalized spacial score (nSPS) is 17.5. The Morgan fingerprint density at radius 1 is 1.27 bits per heavy atom. The molecule has 1 aliphatic rings. The highest BCUT2D eigenvalue weighted by Gasteiger charge is 2.26. The van der Waals surface area contributed by atoms with Crippen LogP contribution in [0.5, 0.6) is 0 Å². The van der Waals surface area contributed by atoms with E-state index in [2.05, 4.69) is 25.1 Å². The van der Waals surface area contributed by atoms with Crippen molar-refractivity contribution in [3.63, 3.8) is 0 Å². The molecular formula is C15H17N7. The van der Waals surface area contributed by atoms with Gasteiger partial charge in [-0.2, -0.15) is 10.2 Å². The summed E-state index contributed by atoms with van der Waals surface area (Å²) >= 11 is 0. The number of aromatic nitrogens is 7. The highest BCUT2D eigenvalue weighted by molar-refractivity contribution is 5.38. The number of fused-ring (bicyclic) bond motifs is 1. The largest absolute Gasteiger partial charge is 0.264 e. The molecule has 0 N–H and O–H groups in total. The molecule has 22 heavy (non-hydrogen) atoms. The molecule has 1 atom stereocenters. The van der Waals surface area contributed by atoms with E-state index < -0.39 is 0 Å². The van der Waals surface area contributed by atoms with E-state index in [1.807, 2.05) is 35.5 Å². The third-order valence-corrected chi connectivity index (χ3v) is 4.13. The van der Waals surface area contributed by atoms with Crippen molar-refractivity contribution in [2.75, 3.05) is 0 Å². The van der Waals surface area contributed by atoms with Crippen LogP contribution in [-0.4, -0.2) is 34.5 Å². The Morgan fingerprint density at radius 3 is 3.05 bits per heavy atom. The first-order valence-corrected chi connectivity index (χ1v) is 7.43. The summed E-state index contributed by atoms with van der Waals surface area (Å²) in [7, 11) is 0. The summed E-state index contributed by atoms with van der Waals surface area (Å²) < 4.78 is 3.93. The Bertz CT molecular complexity index is 817. The topological polar surface area (TPSA) is 74.3 Å².